The van der Waals surface area contributed by atoms with Crippen LogP contribution in [0.3, 0.4) is 0 Å². The van der Waals surface area contributed by atoms with Crippen molar-refractivity contribution in [1.29, 1.82) is 5.26 Å². The summed E-state index contributed by atoms with van der Waals surface area (Å²) >= 11 is 1.78. The minimum atomic E-state index is -0.140. The summed E-state index contributed by atoms with van der Waals surface area (Å²) in [6.45, 7) is 2.14. The van der Waals surface area contributed by atoms with Crippen molar-refractivity contribution >= 4 is 11.3 Å². The lowest BCUT2D eigenvalue weighted by Gasteiger charge is -2.45. The summed E-state index contributed by atoms with van der Waals surface area (Å²) in [5, 5.41) is 11.6. The second-order valence-electron chi connectivity index (χ2n) is 4.96. The third-order valence-corrected chi connectivity index (χ3v) is 4.73. The molecule has 16 heavy (non-hydrogen) atoms. The zero-order chi connectivity index (χ0) is 11.8. The highest BCUT2D eigenvalue weighted by Crippen LogP contribution is 2.53. The van der Waals surface area contributed by atoms with Gasteiger partial charge in [-0.1, -0.05) is 6.42 Å². The van der Waals surface area contributed by atoms with Crippen molar-refractivity contribution in [3.8, 4) is 6.07 Å². The zero-order valence-corrected chi connectivity index (χ0v) is 11.0. The maximum Gasteiger partial charge on any atom is 0.0778 e. The Kier molecular flexibility index (Phi) is 3.05. The largest absolute Gasteiger partial charge is 0.300 e. The summed E-state index contributed by atoms with van der Waals surface area (Å²) in [7, 11) is 4.17. The molecule has 1 unspecified atom stereocenters. The lowest BCUT2D eigenvalue weighted by Crippen LogP contribution is -2.41. The fourth-order valence-corrected chi connectivity index (χ4v) is 3.89. The molecule has 1 saturated carbocycles. The van der Waals surface area contributed by atoms with Gasteiger partial charge in [0, 0.05) is 4.88 Å². The van der Waals surface area contributed by atoms with Crippen molar-refractivity contribution < 1.29 is 0 Å². The van der Waals surface area contributed by atoms with E-state index in [1.807, 2.05) is 0 Å². The molecule has 0 bridgehead atoms. The van der Waals surface area contributed by atoms with Gasteiger partial charge in [-0.2, -0.15) is 5.26 Å². The van der Waals surface area contributed by atoms with Gasteiger partial charge in [0.1, 0.15) is 0 Å². The molecular formula is C13H18N2S. The van der Waals surface area contributed by atoms with Gasteiger partial charge in [0.25, 0.3) is 0 Å². The third-order valence-electron chi connectivity index (χ3n) is 3.66. The molecule has 1 atom stereocenters. The number of nitrogens with zero attached hydrogens (tertiary/aromatic N) is 2. The van der Waals surface area contributed by atoms with Gasteiger partial charge >= 0.3 is 0 Å². The molecule has 0 amide bonds. The van der Waals surface area contributed by atoms with E-state index in [1.165, 1.54) is 16.9 Å². The second-order valence-corrected chi connectivity index (χ2v) is 5.90. The maximum atomic E-state index is 9.47. The number of nitriles is 1. The van der Waals surface area contributed by atoms with Crippen LogP contribution in [0.2, 0.25) is 0 Å². The normalized spacial score (nSPS) is 20.2. The molecule has 3 heteroatoms. The van der Waals surface area contributed by atoms with Gasteiger partial charge < -0.3 is 4.90 Å². The molecule has 0 radical (unpaired) electrons. The van der Waals surface area contributed by atoms with Crippen LogP contribution in [0.5, 0.6) is 0 Å². The van der Waals surface area contributed by atoms with Gasteiger partial charge in [0.05, 0.1) is 17.5 Å². The Hall–Kier alpha value is -0.850. The SMILES string of the molecule is Cc1ccsc1C(N(C)C)C1(C#N)CCC1. The van der Waals surface area contributed by atoms with E-state index < -0.39 is 0 Å². The minimum absolute atomic E-state index is 0.140. The number of hydrogen-bond donors (Lipinski definition) is 0. The molecule has 1 aliphatic carbocycles. The summed E-state index contributed by atoms with van der Waals surface area (Å²) in [5.41, 5.74) is 1.18. The monoisotopic (exact) mass is 234 g/mol. The van der Waals surface area contributed by atoms with Crippen molar-refractivity contribution in [2.75, 3.05) is 14.1 Å². The molecular weight excluding hydrogens is 216 g/mol. The Morgan fingerprint density at radius 2 is 2.19 bits per heavy atom. The topological polar surface area (TPSA) is 27.0 Å². The molecule has 1 aromatic heterocycles. The predicted molar refractivity (Wildman–Crippen MR) is 67.4 cm³/mol. The van der Waals surface area contributed by atoms with Crippen molar-refractivity contribution in [3.63, 3.8) is 0 Å². The quantitative estimate of drug-likeness (QED) is 0.802. The molecule has 1 heterocycles. The van der Waals surface area contributed by atoms with Crippen LogP contribution in [0.1, 0.15) is 35.7 Å². The highest BCUT2D eigenvalue weighted by atomic mass is 32.1. The third kappa shape index (κ3) is 1.66. The van der Waals surface area contributed by atoms with Gasteiger partial charge in [0.15, 0.2) is 0 Å². The van der Waals surface area contributed by atoms with Crippen LogP contribution >= 0.6 is 11.3 Å². The Balaban J connectivity index is 2.39. The lowest BCUT2D eigenvalue weighted by atomic mass is 9.64. The molecule has 0 aromatic carbocycles. The first kappa shape index (κ1) is 11.6. The van der Waals surface area contributed by atoms with E-state index >= 15 is 0 Å². The average Bonchev–Trinajstić information content (AvgIpc) is 2.57. The first-order valence-corrected chi connectivity index (χ1v) is 6.60. The number of rotatable bonds is 3. The summed E-state index contributed by atoms with van der Waals surface area (Å²) in [5.74, 6) is 0. The van der Waals surface area contributed by atoms with Crippen LogP contribution < -0.4 is 0 Å². The summed E-state index contributed by atoms with van der Waals surface area (Å²) in [4.78, 5) is 3.58. The maximum absolute atomic E-state index is 9.47. The Morgan fingerprint density at radius 3 is 2.50 bits per heavy atom. The fraction of sp³-hybridized carbons (Fsp3) is 0.615. The van der Waals surface area contributed by atoms with E-state index in [0.717, 1.165) is 12.8 Å². The van der Waals surface area contributed by atoms with E-state index in [1.54, 1.807) is 11.3 Å². The molecule has 1 aliphatic rings. The molecule has 0 N–H and O–H groups in total. The van der Waals surface area contributed by atoms with Gasteiger partial charge in [-0.25, -0.2) is 0 Å². The van der Waals surface area contributed by atoms with Crippen LogP contribution in [-0.4, -0.2) is 19.0 Å². The van der Waals surface area contributed by atoms with Gasteiger partial charge in [-0.05, 0) is 50.9 Å². The van der Waals surface area contributed by atoms with Crippen LogP contribution in [0.15, 0.2) is 11.4 Å². The van der Waals surface area contributed by atoms with E-state index in [-0.39, 0.29) is 11.5 Å². The Bertz CT molecular complexity index is 410. The molecule has 86 valence electrons. The van der Waals surface area contributed by atoms with Gasteiger partial charge in [-0.15, -0.1) is 11.3 Å². The number of hydrogen-bond acceptors (Lipinski definition) is 3. The van der Waals surface area contributed by atoms with Crippen LogP contribution in [0.4, 0.5) is 0 Å². The molecule has 0 spiro atoms. The molecule has 2 nitrogen and oxygen atoms in total. The van der Waals surface area contributed by atoms with Crippen molar-refractivity contribution in [1.82, 2.24) is 4.90 Å². The van der Waals surface area contributed by atoms with E-state index in [2.05, 4.69) is 43.4 Å². The van der Waals surface area contributed by atoms with Crippen LogP contribution in [0.25, 0.3) is 0 Å². The molecule has 2 rings (SSSR count). The molecule has 0 saturated heterocycles. The molecule has 0 aliphatic heterocycles. The Labute approximate surface area is 102 Å². The highest BCUT2D eigenvalue weighted by molar-refractivity contribution is 7.10. The summed E-state index contributed by atoms with van der Waals surface area (Å²) in [6.07, 6.45) is 3.29. The highest BCUT2D eigenvalue weighted by Gasteiger charge is 2.47. The smallest absolute Gasteiger partial charge is 0.0778 e. The molecule has 1 fully saturated rings. The number of aryl methyl sites for hydroxylation is 1. The fourth-order valence-electron chi connectivity index (χ4n) is 2.65. The van der Waals surface area contributed by atoms with E-state index in [4.69, 9.17) is 0 Å². The zero-order valence-electron chi connectivity index (χ0n) is 10.2. The summed E-state index contributed by atoms with van der Waals surface area (Å²) < 4.78 is 0. The average molecular weight is 234 g/mol. The number of thiophene rings is 1. The van der Waals surface area contributed by atoms with Crippen LogP contribution in [-0.2, 0) is 0 Å². The van der Waals surface area contributed by atoms with Crippen molar-refractivity contribution in [3.05, 3.63) is 21.9 Å². The molecule has 1 aromatic rings. The van der Waals surface area contributed by atoms with E-state index in [9.17, 15) is 5.26 Å². The van der Waals surface area contributed by atoms with E-state index in [0.29, 0.717) is 0 Å². The lowest BCUT2D eigenvalue weighted by molar-refractivity contribution is 0.0768. The van der Waals surface area contributed by atoms with Crippen molar-refractivity contribution in [2.45, 2.75) is 32.2 Å². The van der Waals surface area contributed by atoms with Crippen molar-refractivity contribution in [2.24, 2.45) is 5.41 Å². The Morgan fingerprint density at radius 1 is 1.50 bits per heavy atom. The predicted octanol–water partition coefficient (Wildman–Crippen LogP) is 3.35. The first-order chi connectivity index (χ1) is 7.60. The summed E-state index contributed by atoms with van der Waals surface area (Å²) in [6, 6.07) is 5.00. The van der Waals surface area contributed by atoms with Crippen LogP contribution in [0, 0.1) is 23.7 Å². The second kappa shape index (κ2) is 4.20. The van der Waals surface area contributed by atoms with Gasteiger partial charge in [0.2, 0.25) is 0 Å². The van der Waals surface area contributed by atoms with Gasteiger partial charge in [-0.3, -0.25) is 0 Å². The standard InChI is InChI=1S/C13H18N2S/c1-10-5-8-16-11(10)12(15(2)3)13(9-14)6-4-7-13/h5,8,12H,4,6-7H2,1-3H3. The first-order valence-electron chi connectivity index (χ1n) is 5.72. The minimum Gasteiger partial charge on any atom is -0.300 e.